The molecule has 0 aliphatic heterocycles. The summed E-state index contributed by atoms with van der Waals surface area (Å²) in [5.74, 6) is -4.37. The van der Waals surface area contributed by atoms with E-state index < -0.39 is 24.1 Å². The van der Waals surface area contributed by atoms with Gasteiger partial charge in [0.25, 0.3) is 0 Å². The first-order chi connectivity index (χ1) is 8.73. The van der Waals surface area contributed by atoms with Crippen LogP contribution >= 0.6 is 15.9 Å². The lowest BCUT2D eigenvalue weighted by Gasteiger charge is -2.23. The number of aromatic nitrogens is 2. The van der Waals surface area contributed by atoms with Crippen LogP contribution in [0.5, 0.6) is 0 Å². The van der Waals surface area contributed by atoms with Crippen molar-refractivity contribution in [2.24, 2.45) is 5.73 Å². The molecule has 0 saturated carbocycles. The van der Waals surface area contributed by atoms with Crippen LogP contribution in [0, 0.1) is 0 Å². The number of hydrogen-bond acceptors (Lipinski definition) is 2. The molecule has 1 heterocycles. The van der Waals surface area contributed by atoms with Crippen LogP contribution in [0.1, 0.15) is 11.6 Å². The minimum Gasteiger partial charge on any atom is -0.319 e. The number of aromatic amines is 2. The van der Waals surface area contributed by atoms with Gasteiger partial charge in [-0.1, -0.05) is 15.9 Å². The number of H-pyrrole nitrogens is 2. The van der Waals surface area contributed by atoms with E-state index in [2.05, 4.69) is 25.9 Å². The third kappa shape index (κ3) is 2.39. The molecule has 2 aromatic rings. The van der Waals surface area contributed by atoms with Crippen LogP contribution < -0.4 is 11.4 Å². The Kier molecular flexibility index (Phi) is 3.43. The molecule has 1 unspecified atom stereocenters. The summed E-state index contributed by atoms with van der Waals surface area (Å²) < 4.78 is 51.2. The Labute approximate surface area is 112 Å². The molecule has 2 rings (SSSR count). The zero-order chi connectivity index (χ0) is 14.4. The molecule has 1 atom stereocenters. The quantitative estimate of drug-likeness (QED) is 0.750. The van der Waals surface area contributed by atoms with Crippen LogP contribution in [0.3, 0.4) is 0 Å². The summed E-state index contributed by atoms with van der Waals surface area (Å²) in [6.45, 7) is 0. The van der Waals surface area contributed by atoms with Gasteiger partial charge in [-0.3, -0.25) is 0 Å². The normalized spacial score (nSPS) is 14.3. The number of alkyl halides is 4. The van der Waals surface area contributed by atoms with Gasteiger partial charge in [-0.15, -0.1) is 0 Å². The molecule has 0 spiro atoms. The van der Waals surface area contributed by atoms with Crippen molar-refractivity contribution in [3.8, 4) is 0 Å². The second-order valence-corrected chi connectivity index (χ2v) is 4.81. The molecule has 0 amide bonds. The Morgan fingerprint density at radius 1 is 1.21 bits per heavy atom. The van der Waals surface area contributed by atoms with Gasteiger partial charge in [0.2, 0.25) is 0 Å². The van der Waals surface area contributed by atoms with Crippen molar-refractivity contribution in [3.05, 3.63) is 32.7 Å². The van der Waals surface area contributed by atoms with Gasteiger partial charge in [-0.25, -0.2) is 13.6 Å². The number of rotatable bonds is 3. The van der Waals surface area contributed by atoms with Crippen molar-refractivity contribution in [1.29, 1.82) is 0 Å². The maximum absolute atomic E-state index is 13.2. The Morgan fingerprint density at radius 2 is 1.74 bits per heavy atom. The van der Waals surface area contributed by atoms with E-state index in [9.17, 15) is 22.4 Å². The number of nitrogens with one attached hydrogen (secondary N) is 2. The predicted octanol–water partition coefficient (Wildman–Crippen LogP) is 2.52. The van der Waals surface area contributed by atoms with E-state index in [1.54, 1.807) is 0 Å². The fraction of sp³-hybridized carbons (Fsp3) is 0.300. The topological polar surface area (TPSA) is 74.7 Å². The molecule has 0 aliphatic carbocycles. The molecular weight excluding hydrogens is 334 g/mol. The summed E-state index contributed by atoms with van der Waals surface area (Å²) >= 11 is 2.97. The van der Waals surface area contributed by atoms with E-state index in [1.165, 1.54) is 6.07 Å². The van der Waals surface area contributed by atoms with Gasteiger partial charge >= 0.3 is 18.0 Å². The van der Waals surface area contributed by atoms with E-state index in [1.807, 2.05) is 0 Å². The van der Waals surface area contributed by atoms with Crippen molar-refractivity contribution in [2.45, 2.75) is 18.4 Å². The second kappa shape index (κ2) is 4.64. The van der Waals surface area contributed by atoms with Gasteiger partial charge in [-0.05, 0) is 17.7 Å². The highest BCUT2D eigenvalue weighted by molar-refractivity contribution is 9.10. The van der Waals surface area contributed by atoms with Crippen molar-refractivity contribution in [2.75, 3.05) is 0 Å². The van der Waals surface area contributed by atoms with E-state index in [4.69, 9.17) is 5.73 Å². The molecule has 0 radical (unpaired) electrons. The summed E-state index contributed by atoms with van der Waals surface area (Å²) in [4.78, 5) is 15.8. The van der Waals surface area contributed by atoms with E-state index in [0.717, 1.165) is 6.07 Å². The molecule has 1 aromatic heterocycles. The first-order valence-electron chi connectivity index (χ1n) is 5.06. The molecule has 4 N–H and O–H groups in total. The summed E-state index contributed by atoms with van der Waals surface area (Å²) in [7, 11) is 0. The van der Waals surface area contributed by atoms with Crippen molar-refractivity contribution >= 4 is 27.0 Å². The van der Waals surface area contributed by atoms with Gasteiger partial charge in [0, 0.05) is 4.47 Å². The number of nitrogens with two attached hydrogens (primary N) is 1. The maximum atomic E-state index is 13.2. The fourth-order valence-corrected chi connectivity index (χ4v) is 2.24. The highest BCUT2D eigenvalue weighted by Crippen LogP contribution is 2.38. The summed E-state index contributed by atoms with van der Waals surface area (Å²) in [6, 6.07) is 0.270. The molecule has 9 heteroatoms. The third-order valence-corrected chi connectivity index (χ3v) is 3.36. The standard InChI is InChI=1S/C10H8BrF4N3O/c11-4-2-6-5(17-9(19)18-6)1-3(4)7(16)10(14,15)8(12)13/h1-2,7-8H,16H2,(H2,17,18,19). The number of hydrogen-bond donors (Lipinski definition) is 3. The molecule has 0 bridgehead atoms. The zero-order valence-corrected chi connectivity index (χ0v) is 10.8. The van der Waals surface area contributed by atoms with Crippen LogP contribution in [0.25, 0.3) is 11.0 Å². The van der Waals surface area contributed by atoms with Crippen LogP contribution in [0.4, 0.5) is 17.6 Å². The van der Waals surface area contributed by atoms with E-state index in [0.29, 0.717) is 5.52 Å². The SMILES string of the molecule is NC(c1cc2[nH]c(=O)[nH]c2cc1Br)C(F)(F)C(F)F. The minimum atomic E-state index is -4.37. The van der Waals surface area contributed by atoms with Crippen LogP contribution in [-0.4, -0.2) is 22.3 Å². The van der Waals surface area contributed by atoms with Crippen molar-refractivity contribution in [1.82, 2.24) is 9.97 Å². The molecule has 0 aliphatic rings. The molecule has 4 nitrogen and oxygen atoms in total. The molecule has 1 aromatic carbocycles. The van der Waals surface area contributed by atoms with Gasteiger partial charge in [-0.2, -0.15) is 8.78 Å². The summed E-state index contributed by atoms with van der Waals surface area (Å²) in [5, 5.41) is 0. The number of fused-ring (bicyclic) bond motifs is 1. The molecule has 0 fully saturated rings. The highest BCUT2D eigenvalue weighted by atomic mass is 79.9. The summed E-state index contributed by atoms with van der Waals surface area (Å²) in [6.07, 6.45) is -3.88. The van der Waals surface area contributed by atoms with Crippen LogP contribution in [0.2, 0.25) is 0 Å². The Hall–Kier alpha value is -1.35. The second-order valence-electron chi connectivity index (χ2n) is 3.95. The maximum Gasteiger partial charge on any atom is 0.326 e. The average Bonchev–Trinajstić information content (AvgIpc) is 2.65. The van der Waals surface area contributed by atoms with E-state index in [-0.39, 0.29) is 15.6 Å². The van der Waals surface area contributed by atoms with Gasteiger partial charge in [0.15, 0.2) is 0 Å². The lowest BCUT2D eigenvalue weighted by molar-refractivity contribution is -0.144. The third-order valence-electron chi connectivity index (χ3n) is 2.67. The van der Waals surface area contributed by atoms with Gasteiger partial charge in [0.05, 0.1) is 11.0 Å². The first-order valence-corrected chi connectivity index (χ1v) is 5.85. The molecule has 104 valence electrons. The highest BCUT2D eigenvalue weighted by Gasteiger charge is 2.48. The molecule has 0 saturated heterocycles. The Morgan fingerprint density at radius 3 is 2.26 bits per heavy atom. The van der Waals surface area contributed by atoms with Crippen LogP contribution in [0.15, 0.2) is 21.4 Å². The fourth-order valence-electron chi connectivity index (χ4n) is 1.65. The molecular formula is C10H8BrF4N3O. The average molecular weight is 342 g/mol. The number of halogens is 5. The summed E-state index contributed by atoms with van der Waals surface area (Å²) in [5.41, 5.74) is 5.03. The largest absolute Gasteiger partial charge is 0.326 e. The van der Waals surface area contributed by atoms with Crippen molar-refractivity contribution in [3.63, 3.8) is 0 Å². The minimum absolute atomic E-state index is 0.114. The van der Waals surface area contributed by atoms with E-state index >= 15 is 0 Å². The first kappa shape index (κ1) is 14.1. The Balaban J connectivity index is 2.55. The zero-order valence-electron chi connectivity index (χ0n) is 9.18. The smallest absolute Gasteiger partial charge is 0.319 e. The Bertz CT molecular complexity index is 666. The number of benzene rings is 1. The van der Waals surface area contributed by atoms with Gasteiger partial charge < -0.3 is 15.7 Å². The lowest BCUT2D eigenvalue weighted by Crippen LogP contribution is -2.39. The molecule has 19 heavy (non-hydrogen) atoms. The van der Waals surface area contributed by atoms with Crippen LogP contribution in [-0.2, 0) is 0 Å². The number of imidazole rings is 1. The van der Waals surface area contributed by atoms with Gasteiger partial charge in [0.1, 0.15) is 6.04 Å². The predicted molar refractivity (Wildman–Crippen MR) is 64.5 cm³/mol. The lowest BCUT2D eigenvalue weighted by atomic mass is 10.0. The van der Waals surface area contributed by atoms with Crippen molar-refractivity contribution < 1.29 is 17.6 Å². The monoisotopic (exact) mass is 341 g/mol.